The van der Waals surface area contributed by atoms with Crippen molar-refractivity contribution in [1.29, 1.82) is 0 Å². The molecule has 0 amide bonds. The zero-order valence-electron chi connectivity index (χ0n) is 59.9. The van der Waals surface area contributed by atoms with Crippen molar-refractivity contribution in [3.63, 3.8) is 0 Å². The number of aliphatic hydroxyl groups is 1. The Bertz CT molecular complexity index is 5310. The van der Waals surface area contributed by atoms with E-state index in [0.717, 1.165) is 60.4 Å². The van der Waals surface area contributed by atoms with Crippen molar-refractivity contribution in [2.75, 3.05) is 13.7 Å². The van der Waals surface area contributed by atoms with E-state index in [2.05, 4.69) is 46.4 Å². The van der Waals surface area contributed by atoms with Gasteiger partial charge in [0.25, 0.3) is 0 Å². The van der Waals surface area contributed by atoms with Crippen LogP contribution in [0.1, 0.15) is 6.99 Å². The summed E-state index contributed by atoms with van der Waals surface area (Å²) >= 11 is 6.36. The molecule has 15 rings (SSSR count). The maximum absolute atomic E-state index is 13.8. The summed E-state index contributed by atoms with van der Waals surface area (Å²) in [5, 5.41) is 95.7. The maximum atomic E-state index is 13.8. The Labute approximate surface area is 672 Å². The zero-order valence-corrected chi connectivity index (χ0v) is 65.5. The van der Waals surface area contributed by atoms with Gasteiger partial charge in [-0.2, -0.15) is 25.5 Å². The fourth-order valence-corrected chi connectivity index (χ4v) is 12.9. The normalized spacial score (nSPS) is 10.6. The Morgan fingerprint density at radius 2 is 0.723 bits per heavy atom. The van der Waals surface area contributed by atoms with Crippen LogP contribution in [0.15, 0.2) is 239 Å². The van der Waals surface area contributed by atoms with E-state index in [-0.39, 0.29) is 90.4 Å². The van der Waals surface area contributed by atoms with Gasteiger partial charge in [-0.3, -0.25) is 58.7 Å². The van der Waals surface area contributed by atoms with Gasteiger partial charge in [-0.05, 0) is 143 Å². The molecular weight excluding hydrogens is 1680 g/mol. The van der Waals surface area contributed by atoms with Crippen LogP contribution in [0.3, 0.4) is 0 Å². The molecule has 25 nitrogen and oxygen atoms in total. The summed E-state index contributed by atoms with van der Waals surface area (Å²) in [6.07, 6.45) is 5.56. The molecule has 0 atom stereocenters. The Balaban J connectivity index is 0.000000237. The average Bonchev–Trinajstić information content (AvgIpc) is 1.68. The Hall–Kier alpha value is -11.3. The molecule has 0 radical (unpaired) electrons. The van der Waals surface area contributed by atoms with Crippen LogP contribution in [0.4, 0.5) is 41.3 Å². The minimum Gasteiger partial charge on any atom is -0.422 e. The van der Waals surface area contributed by atoms with Gasteiger partial charge in [0.05, 0.1) is 91.6 Å². The summed E-state index contributed by atoms with van der Waals surface area (Å²) in [6, 6.07) is 56.0. The van der Waals surface area contributed by atoms with E-state index in [1.165, 1.54) is 76.1 Å². The molecule has 38 heteroatoms. The van der Waals surface area contributed by atoms with Gasteiger partial charge in [0, 0.05) is 122 Å². The first-order valence-corrected chi connectivity index (χ1v) is 35.3. The van der Waals surface area contributed by atoms with E-state index >= 15 is 0 Å². The van der Waals surface area contributed by atoms with Crippen LogP contribution in [-0.2, 0) is 55.7 Å². The number of aliphatic imine (C=N–C) groups is 1. The number of allylic oxidation sites excluding steroid dienone is 1. The molecule has 6 aromatic carbocycles. The number of hydrogen-bond donors (Lipinski definition) is 5. The molecule has 0 spiro atoms. The van der Waals surface area contributed by atoms with Gasteiger partial charge < -0.3 is 32.6 Å². The van der Waals surface area contributed by atoms with E-state index in [0.29, 0.717) is 79.8 Å². The summed E-state index contributed by atoms with van der Waals surface area (Å²) in [4.78, 5) is 35.8. The number of nitrogens with zero attached hydrogens (tertiary/aromatic N) is 14. The Morgan fingerprint density at radius 1 is 0.420 bits per heavy atom. The SMILES string of the molecule is CO.Cn1ccc(-c2ccccc2F)n1.Cn1nc(-c2ccccc2F)cc1-c1ccc([N+](=O)[O-])s1.Cn1nc(-c2ccccc2F)cc1-c1ccc([N+](=O)[O-])s1.Cn1nc(-c2ccccc2F)cc1B(O)O.Cn1nc(-c2ccccc2F)cc1B(O)O.Fc1ccccc1C1=NCC=C1.O=[N+]([O-])c1ccc(Br)s1.[CH3-].[HH].[Pd]. The molecule has 0 saturated carbocycles. The van der Waals surface area contributed by atoms with Crippen molar-refractivity contribution in [3.8, 4) is 77.4 Å². The second kappa shape index (κ2) is 42.8. The first-order valence-electron chi connectivity index (χ1n) is 32.1. The molecule has 584 valence electrons. The largest absolute Gasteiger partial charge is 0.507 e. The summed E-state index contributed by atoms with van der Waals surface area (Å²) in [5.41, 5.74) is 7.67. The smallest absolute Gasteiger partial charge is 0.422 e. The minimum absolute atomic E-state index is 0. The van der Waals surface area contributed by atoms with E-state index in [1.54, 1.807) is 188 Å². The summed E-state index contributed by atoms with van der Waals surface area (Å²) in [7, 11) is 6.18. The van der Waals surface area contributed by atoms with Crippen molar-refractivity contribution in [3.05, 3.63) is 313 Å². The van der Waals surface area contributed by atoms with E-state index in [4.69, 9.17) is 25.2 Å². The molecule has 0 aliphatic carbocycles. The number of nitro groups is 3. The molecule has 0 bridgehead atoms. The van der Waals surface area contributed by atoms with Crippen LogP contribution in [0.25, 0.3) is 77.4 Å². The van der Waals surface area contributed by atoms with Crippen molar-refractivity contribution in [2.24, 2.45) is 40.2 Å². The number of aromatic nitrogens is 10. The second-order valence-corrected chi connectivity index (χ2v) is 27.1. The Kier molecular flexibility index (Phi) is 34.2. The molecule has 9 heterocycles. The third kappa shape index (κ3) is 24.1. The van der Waals surface area contributed by atoms with Gasteiger partial charge in [-0.15, -0.1) is 0 Å². The number of thiophene rings is 3. The van der Waals surface area contributed by atoms with Gasteiger partial charge in [0.1, 0.15) is 34.9 Å². The molecule has 5 N–H and O–H groups in total. The van der Waals surface area contributed by atoms with Gasteiger partial charge in [-0.25, -0.2) is 26.3 Å². The maximum Gasteiger partial charge on any atom is 0.507 e. The first kappa shape index (κ1) is 89.6. The standard InChI is InChI=1S/2C14H10FN3O2S.2C10H10BFN2O2.C10H9FN2.C10H8FN.C4H2BrNO2S.CH4O.CH3.Pd.H2/c2*1-17-12(13-6-7-14(21-13)18(19)20)8-11(16-17)9-4-2-3-5-10(9)15;2*1-14-10(11(15)16)6-9(13-14)7-4-2-3-5-8(7)12;1-13-7-6-10(12-13)8-4-2-3-5-9(8)11;11-9-5-2-1-4-8(9)10-6-3-7-12-10;5-3-1-2-4(9-3)6(7)8;1-2;;;/h2*2-8H,1H3;2*2-6,15-16H,1H3;2-7H,1H3;1-6H,7H2;1-2H;2H,1H3;1H3;;1H/q;;;;;;;;-1;;. The third-order valence-electron chi connectivity index (χ3n) is 15.2. The van der Waals surface area contributed by atoms with Crippen LogP contribution in [0.5, 0.6) is 0 Å². The van der Waals surface area contributed by atoms with Gasteiger partial charge in [0.15, 0.2) is 0 Å². The molecule has 112 heavy (non-hydrogen) atoms. The topological polar surface area (TPSA) is 332 Å². The number of benzene rings is 6. The number of aliphatic hydroxyl groups excluding tert-OH is 1. The molecular formula is C74H68B2BrF6N14O11PdS3-. The molecule has 0 saturated heterocycles. The molecule has 14 aromatic rings. The van der Waals surface area contributed by atoms with Gasteiger partial charge in [0.2, 0.25) is 0 Å². The van der Waals surface area contributed by atoms with Crippen molar-refractivity contribution in [1.82, 2.24) is 48.9 Å². The molecule has 8 aromatic heterocycles. The van der Waals surface area contributed by atoms with Crippen LogP contribution >= 0.6 is 49.9 Å². The fraction of sp³-hybridized carbons (Fsp3) is 0.0946. The predicted molar refractivity (Wildman–Crippen MR) is 425 cm³/mol. The molecule has 1 aliphatic heterocycles. The first-order chi connectivity index (χ1) is 52.6. The number of aryl methyl sites for hydroxylation is 5. The van der Waals surface area contributed by atoms with Crippen molar-refractivity contribution in [2.45, 2.75) is 0 Å². The molecule has 0 unspecified atom stereocenters. The zero-order chi connectivity index (χ0) is 79.9. The van der Waals surface area contributed by atoms with E-state index < -0.39 is 29.0 Å². The third-order valence-corrected chi connectivity index (χ3v) is 18.9. The van der Waals surface area contributed by atoms with Gasteiger partial charge >= 0.3 is 29.2 Å². The number of rotatable bonds is 13. The summed E-state index contributed by atoms with van der Waals surface area (Å²) < 4.78 is 89.1. The van der Waals surface area contributed by atoms with Crippen LogP contribution < -0.4 is 11.2 Å². The average molecular weight is 1750 g/mol. The van der Waals surface area contributed by atoms with Crippen molar-refractivity contribution >= 4 is 96.1 Å². The molecule has 1 aliphatic rings. The summed E-state index contributed by atoms with van der Waals surface area (Å²) in [5.74, 6) is -1.92. The van der Waals surface area contributed by atoms with Crippen LogP contribution in [0, 0.1) is 72.7 Å². The Morgan fingerprint density at radius 3 is 0.982 bits per heavy atom. The number of hydrogen-bond acceptors (Lipinski definition) is 20. The van der Waals surface area contributed by atoms with E-state index in [1.807, 2.05) is 25.3 Å². The number of halogens is 7. The molecule has 0 fully saturated rings. The predicted octanol–water partition coefficient (Wildman–Crippen LogP) is 14.7. The fourth-order valence-electron chi connectivity index (χ4n) is 10.0. The minimum atomic E-state index is -1.61. The van der Waals surface area contributed by atoms with E-state index in [9.17, 15) is 56.7 Å². The monoisotopic (exact) mass is 1750 g/mol. The van der Waals surface area contributed by atoms with Gasteiger partial charge in [-0.1, -0.05) is 113 Å². The second-order valence-electron chi connectivity index (χ2n) is 22.5. The van der Waals surface area contributed by atoms with Crippen LogP contribution in [-0.4, -0.2) is 122 Å². The quantitative estimate of drug-likeness (QED) is 0.0235. The van der Waals surface area contributed by atoms with Crippen LogP contribution in [0.2, 0.25) is 0 Å². The summed E-state index contributed by atoms with van der Waals surface area (Å²) in [6.45, 7) is 0.670. The van der Waals surface area contributed by atoms with Crippen molar-refractivity contribution < 1.29 is 88.2 Å².